The minimum Gasteiger partial charge on any atom is -0.348 e. The van der Waals surface area contributed by atoms with Gasteiger partial charge in [0.25, 0.3) is 0 Å². The summed E-state index contributed by atoms with van der Waals surface area (Å²) >= 11 is 1.29. The van der Waals surface area contributed by atoms with Crippen molar-refractivity contribution in [3.8, 4) is 0 Å². The summed E-state index contributed by atoms with van der Waals surface area (Å²) in [6.07, 6.45) is 3.02. The predicted molar refractivity (Wildman–Crippen MR) is 114 cm³/mol. The molecule has 0 bridgehead atoms. The Hall–Kier alpha value is -2.80. The van der Waals surface area contributed by atoms with Crippen molar-refractivity contribution >= 4 is 17.7 Å². The van der Waals surface area contributed by atoms with E-state index in [4.69, 9.17) is 0 Å². The van der Waals surface area contributed by atoms with E-state index >= 15 is 0 Å². The summed E-state index contributed by atoms with van der Waals surface area (Å²) < 4.78 is 1.60. The van der Waals surface area contributed by atoms with E-state index in [-0.39, 0.29) is 23.4 Å². The highest BCUT2D eigenvalue weighted by molar-refractivity contribution is 7.99. The van der Waals surface area contributed by atoms with Gasteiger partial charge in [-0.05, 0) is 36.3 Å². The van der Waals surface area contributed by atoms with Gasteiger partial charge >= 0.3 is 5.69 Å². The molecule has 1 heterocycles. The Kier molecular flexibility index (Phi) is 6.14. The zero-order valence-electron chi connectivity index (χ0n) is 16.1. The summed E-state index contributed by atoms with van der Waals surface area (Å²) in [7, 11) is 0. The summed E-state index contributed by atoms with van der Waals surface area (Å²) in [4.78, 5) is 24.7. The summed E-state index contributed by atoms with van der Waals surface area (Å²) in [5.74, 6) is 0.702. The van der Waals surface area contributed by atoms with E-state index < -0.39 is 0 Å². The molecule has 0 aliphatic heterocycles. The summed E-state index contributed by atoms with van der Waals surface area (Å²) in [6.45, 7) is 0.526. The maximum atomic E-state index is 12.6. The third-order valence-electron chi connectivity index (χ3n) is 5.09. The van der Waals surface area contributed by atoms with Crippen LogP contribution >= 0.6 is 11.8 Å². The summed E-state index contributed by atoms with van der Waals surface area (Å²) in [6, 6.07) is 20.2. The van der Waals surface area contributed by atoms with E-state index in [1.54, 1.807) is 4.57 Å². The highest BCUT2D eigenvalue weighted by Crippen LogP contribution is 2.41. The maximum absolute atomic E-state index is 12.6. The number of benzene rings is 2. The topological polar surface area (TPSA) is 79.8 Å². The molecule has 1 fully saturated rings. The molecule has 1 saturated carbocycles. The maximum Gasteiger partial charge on any atom is 0.343 e. The van der Waals surface area contributed by atoms with Gasteiger partial charge < -0.3 is 5.32 Å². The Morgan fingerprint density at radius 1 is 1.14 bits per heavy atom. The van der Waals surface area contributed by atoms with Gasteiger partial charge in [0.2, 0.25) is 5.91 Å². The Bertz CT molecular complexity index is 996. The molecule has 0 spiro atoms. The first-order valence-electron chi connectivity index (χ1n) is 9.87. The van der Waals surface area contributed by atoms with Gasteiger partial charge in [0.05, 0.1) is 11.8 Å². The highest BCUT2D eigenvalue weighted by atomic mass is 32.2. The van der Waals surface area contributed by atoms with Gasteiger partial charge in [-0.15, -0.1) is 5.10 Å². The minimum absolute atomic E-state index is 0.0409. The van der Waals surface area contributed by atoms with Gasteiger partial charge in [-0.3, -0.25) is 9.36 Å². The first kappa shape index (κ1) is 19.5. The van der Waals surface area contributed by atoms with E-state index in [1.165, 1.54) is 11.8 Å². The standard InChI is InChI=1S/C22H24N4O2S/c27-19(23-20(18-11-12-18)17-9-5-2-6-10-17)15-29-22-25-24-21(28)26(22)14-13-16-7-3-1-4-8-16/h1-10,18,20H,11-15H2,(H,23,27)(H,24,28). The molecule has 1 aromatic heterocycles. The quantitative estimate of drug-likeness (QED) is 0.533. The van der Waals surface area contributed by atoms with Crippen molar-refractivity contribution in [1.29, 1.82) is 0 Å². The number of thioether (sulfide) groups is 1. The lowest BCUT2D eigenvalue weighted by molar-refractivity contribution is -0.119. The number of aryl methyl sites for hydroxylation is 1. The van der Waals surface area contributed by atoms with Crippen molar-refractivity contribution in [2.24, 2.45) is 5.92 Å². The average Bonchev–Trinajstić information content (AvgIpc) is 3.54. The van der Waals surface area contributed by atoms with E-state index in [0.717, 1.165) is 30.4 Å². The molecule has 150 valence electrons. The molecule has 29 heavy (non-hydrogen) atoms. The van der Waals surface area contributed by atoms with Crippen LogP contribution in [0.2, 0.25) is 0 Å². The zero-order valence-corrected chi connectivity index (χ0v) is 16.9. The molecule has 6 nitrogen and oxygen atoms in total. The molecule has 7 heteroatoms. The summed E-state index contributed by atoms with van der Waals surface area (Å²) in [5.41, 5.74) is 2.06. The predicted octanol–water partition coefficient (Wildman–Crippen LogP) is 3.17. The molecule has 1 amide bonds. The Morgan fingerprint density at radius 3 is 2.52 bits per heavy atom. The van der Waals surface area contributed by atoms with Crippen LogP contribution in [0.25, 0.3) is 0 Å². The normalized spacial score (nSPS) is 14.5. The van der Waals surface area contributed by atoms with E-state index in [0.29, 0.717) is 17.6 Å². The Labute approximate surface area is 173 Å². The highest BCUT2D eigenvalue weighted by Gasteiger charge is 2.33. The fourth-order valence-electron chi connectivity index (χ4n) is 3.40. The fourth-order valence-corrected chi connectivity index (χ4v) is 4.19. The number of hydrogen-bond donors (Lipinski definition) is 2. The lowest BCUT2D eigenvalue weighted by Gasteiger charge is -2.18. The number of nitrogens with zero attached hydrogens (tertiary/aromatic N) is 2. The van der Waals surface area contributed by atoms with Crippen molar-refractivity contribution in [2.45, 2.75) is 37.0 Å². The number of nitrogens with one attached hydrogen (secondary N) is 2. The van der Waals surface area contributed by atoms with Crippen LogP contribution in [0, 0.1) is 5.92 Å². The lowest BCUT2D eigenvalue weighted by Crippen LogP contribution is -2.31. The Balaban J connectivity index is 1.35. The number of aromatic nitrogens is 3. The van der Waals surface area contributed by atoms with Gasteiger partial charge in [-0.25, -0.2) is 9.89 Å². The van der Waals surface area contributed by atoms with Gasteiger partial charge in [0.15, 0.2) is 5.16 Å². The van der Waals surface area contributed by atoms with Gasteiger partial charge in [-0.2, -0.15) is 0 Å². The van der Waals surface area contributed by atoms with Crippen molar-refractivity contribution in [3.05, 3.63) is 82.3 Å². The third kappa shape index (κ3) is 5.17. The molecule has 1 atom stereocenters. The average molecular weight is 409 g/mol. The largest absolute Gasteiger partial charge is 0.348 e. The van der Waals surface area contributed by atoms with Crippen LogP contribution in [0.3, 0.4) is 0 Å². The van der Waals surface area contributed by atoms with E-state index in [2.05, 4.69) is 27.6 Å². The van der Waals surface area contributed by atoms with Gasteiger partial charge in [0.1, 0.15) is 0 Å². The molecular formula is C22H24N4O2S. The number of rotatable bonds is 9. The smallest absolute Gasteiger partial charge is 0.343 e. The number of amides is 1. The number of hydrogen-bond acceptors (Lipinski definition) is 4. The first-order valence-corrected chi connectivity index (χ1v) is 10.9. The van der Waals surface area contributed by atoms with Crippen molar-refractivity contribution < 1.29 is 4.79 Å². The number of carbonyl (C=O) groups is 1. The second kappa shape index (κ2) is 9.13. The first-order chi connectivity index (χ1) is 14.2. The molecular weight excluding hydrogens is 384 g/mol. The second-order valence-corrected chi connectivity index (χ2v) is 8.22. The van der Waals surface area contributed by atoms with Crippen LogP contribution in [0.15, 0.2) is 70.6 Å². The molecule has 1 aliphatic carbocycles. The Morgan fingerprint density at radius 2 is 1.83 bits per heavy atom. The number of H-pyrrole nitrogens is 1. The van der Waals surface area contributed by atoms with Crippen molar-refractivity contribution in [2.75, 3.05) is 5.75 Å². The molecule has 0 radical (unpaired) electrons. The van der Waals surface area contributed by atoms with Crippen LogP contribution in [-0.4, -0.2) is 26.4 Å². The molecule has 4 rings (SSSR count). The molecule has 1 unspecified atom stereocenters. The summed E-state index contributed by atoms with van der Waals surface area (Å²) in [5, 5.41) is 10.3. The van der Waals surface area contributed by atoms with Crippen LogP contribution in [0.5, 0.6) is 0 Å². The lowest BCUT2D eigenvalue weighted by atomic mass is 10.0. The SMILES string of the molecule is O=C(CSc1n[nH]c(=O)n1CCc1ccccc1)NC(c1ccccc1)C1CC1. The molecule has 1 aliphatic rings. The zero-order chi connectivity index (χ0) is 20.1. The minimum atomic E-state index is -0.246. The second-order valence-electron chi connectivity index (χ2n) is 7.28. The monoisotopic (exact) mass is 408 g/mol. The van der Waals surface area contributed by atoms with Crippen LogP contribution in [0.4, 0.5) is 0 Å². The van der Waals surface area contributed by atoms with Gasteiger partial charge in [0, 0.05) is 6.54 Å². The molecule has 2 N–H and O–H groups in total. The molecule has 2 aromatic carbocycles. The third-order valence-corrected chi connectivity index (χ3v) is 6.07. The molecule has 3 aromatic rings. The van der Waals surface area contributed by atoms with Gasteiger partial charge in [-0.1, -0.05) is 72.4 Å². The van der Waals surface area contributed by atoms with E-state index in [1.807, 2.05) is 48.5 Å². The molecule has 0 saturated heterocycles. The van der Waals surface area contributed by atoms with Crippen LogP contribution < -0.4 is 11.0 Å². The van der Waals surface area contributed by atoms with Crippen molar-refractivity contribution in [1.82, 2.24) is 20.1 Å². The van der Waals surface area contributed by atoms with Crippen LogP contribution in [-0.2, 0) is 17.8 Å². The van der Waals surface area contributed by atoms with E-state index in [9.17, 15) is 9.59 Å². The van der Waals surface area contributed by atoms with Crippen LogP contribution in [0.1, 0.15) is 30.0 Å². The number of carbonyl (C=O) groups excluding carboxylic acids is 1. The number of aromatic amines is 1. The van der Waals surface area contributed by atoms with Crippen molar-refractivity contribution in [3.63, 3.8) is 0 Å². The fraction of sp³-hybridized carbons (Fsp3) is 0.318.